The average molecular weight is 319 g/mol. The summed E-state index contributed by atoms with van der Waals surface area (Å²) >= 11 is 1.08. The Labute approximate surface area is 122 Å². The van der Waals surface area contributed by atoms with Crippen LogP contribution >= 0.6 is 11.3 Å². The zero-order chi connectivity index (χ0) is 14.8. The molecule has 1 aromatic rings. The van der Waals surface area contributed by atoms with Gasteiger partial charge in [0.2, 0.25) is 10.0 Å². The summed E-state index contributed by atoms with van der Waals surface area (Å²) in [5.74, 6) is -0.446. The number of sulfonamides is 1. The molecule has 0 radical (unpaired) electrons. The second kappa shape index (κ2) is 6.21. The monoisotopic (exact) mass is 319 g/mol. The fourth-order valence-corrected chi connectivity index (χ4v) is 4.86. The maximum absolute atomic E-state index is 12.4. The van der Waals surface area contributed by atoms with E-state index < -0.39 is 16.0 Å². The Bertz CT molecular complexity index is 587. The van der Waals surface area contributed by atoms with Gasteiger partial charge in [0, 0.05) is 13.2 Å². The molecule has 8 heteroatoms. The van der Waals surface area contributed by atoms with Crippen LogP contribution in [-0.2, 0) is 19.5 Å². The number of carbonyl (C=O) groups excluding carboxylic acids is 1. The van der Waals surface area contributed by atoms with Crippen molar-refractivity contribution in [2.45, 2.75) is 18.2 Å². The first kappa shape index (κ1) is 15.4. The second-order valence-electron chi connectivity index (χ2n) is 4.65. The number of rotatable bonds is 5. The first-order valence-corrected chi connectivity index (χ1v) is 8.56. The predicted octanol–water partition coefficient (Wildman–Crippen LogP) is 1.16. The highest BCUT2D eigenvalue weighted by molar-refractivity contribution is 7.89. The molecule has 112 valence electrons. The molecule has 1 fully saturated rings. The van der Waals surface area contributed by atoms with Crippen LogP contribution in [0.1, 0.15) is 21.7 Å². The van der Waals surface area contributed by atoms with Crippen LogP contribution in [0.5, 0.6) is 0 Å². The van der Waals surface area contributed by atoms with Crippen molar-refractivity contribution in [3.8, 4) is 0 Å². The number of nitrogens with one attached hydrogen (secondary N) is 1. The maximum Gasteiger partial charge on any atom is 0.349 e. The van der Waals surface area contributed by atoms with Gasteiger partial charge in [0.15, 0.2) is 0 Å². The third-order valence-electron chi connectivity index (χ3n) is 3.14. The number of ether oxygens (including phenoxy) is 2. The lowest BCUT2D eigenvalue weighted by atomic mass is 10.1. The lowest BCUT2D eigenvalue weighted by Crippen LogP contribution is -2.30. The van der Waals surface area contributed by atoms with E-state index in [0.717, 1.165) is 17.8 Å². The Hall–Kier alpha value is -0.960. The molecular formula is C12H17NO5S2. The molecule has 0 saturated carbocycles. The molecule has 2 heterocycles. The Balaban J connectivity index is 2.20. The van der Waals surface area contributed by atoms with Gasteiger partial charge < -0.3 is 9.47 Å². The molecule has 2 rings (SSSR count). The predicted molar refractivity (Wildman–Crippen MR) is 74.5 cm³/mol. The fraction of sp³-hybridized carbons (Fsp3) is 0.583. The summed E-state index contributed by atoms with van der Waals surface area (Å²) in [6, 6.07) is 0. The number of aryl methyl sites for hydroxylation is 1. The second-order valence-corrected chi connectivity index (χ2v) is 7.23. The van der Waals surface area contributed by atoms with Gasteiger partial charge in [-0.15, -0.1) is 11.3 Å². The van der Waals surface area contributed by atoms with Crippen LogP contribution in [0.3, 0.4) is 0 Å². The van der Waals surface area contributed by atoms with Crippen molar-refractivity contribution < 1.29 is 22.7 Å². The summed E-state index contributed by atoms with van der Waals surface area (Å²) in [6.07, 6.45) is 0.842. The standard InChI is InChI=1S/C12H17NO5S2/c1-8-7-19-10(12(14)17-2)11(8)20(15,16)13-5-9-3-4-18-6-9/h7,9,13H,3-6H2,1-2H3. The quantitative estimate of drug-likeness (QED) is 0.824. The van der Waals surface area contributed by atoms with Crippen LogP contribution in [0.4, 0.5) is 0 Å². The van der Waals surface area contributed by atoms with E-state index in [1.54, 1.807) is 12.3 Å². The minimum absolute atomic E-state index is 0.0215. The molecule has 0 aromatic carbocycles. The summed E-state index contributed by atoms with van der Waals surface area (Å²) < 4.78 is 37.1. The Morgan fingerprint density at radius 1 is 1.60 bits per heavy atom. The van der Waals surface area contributed by atoms with Crippen molar-refractivity contribution >= 4 is 27.3 Å². The molecule has 0 spiro atoms. The zero-order valence-electron chi connectivity index (χ0n) is 11.3. The first-order valence-electron chi connectivity index (χ1n) is 6.19. The van der Waals surface area contributed by atoms with Gasteiger partial charge in [-0.2, -0.15) is 0 Å². The van der Waals surface area contributed by atoms with Crippen molar-refractivity contribution in [2.75, 3.05) is 26.9 Å². The van der Waals surface area contributed by atoms with Crippen molar-refractivity contribution in [2.24, 2.45) is 5.92 Å². The molecule has 6 nitrogen and oxygen atoms in total. The van der Waals surface area contributed by atoms with Crippen LogP contribution < -0.4 is 4.72 Å². The van der Waals surface area contributed by atoms with E-state index in [4.69, 9.17) is 4.74 Å². The number of carbonyl (C=O) groups is 1. The highest BCUT2D eigenvalue weighted by atomic mass is 32.2. The molecule has 20 heavy (non-hydrogen) atoms. The van der Waals surface area contributed by atoms with E-state index in [-0.39, 0.29) is 15.7 Å². The minimum atomic E-state index is -3.72. The van der Waals surface area contributed by atoms with Gasteiger partial charge in [-0.25, -0.2) is 17.9 Å². The van der Waals surface area contributed by atoms with Crippen LogP contribution in [0, 0.1) is 12.8 Å². The van der Waals surface area contributed by atoms with E-state index in [1.165, 1.54) is 7.11 Å². The van der Waals surface area contributed by atoms with Gasteiger partial charge in [0.05, 0.1) is 13.7 Å². The van der Waals surface area contributed by atoms with Crippen LogP contribution in [-0.4, -0.2) is 41.3 Å². The minimum Gasteiger partial charge on any atom is -0.465 e. The fourth-order valence-electron chi connectivity index (χ4n) is 2.04. The highest BCUT2D eigenvalue weighted by Gasteiger charge is 2.28. The van der Waals surface area contributed by atoms with E-state index >= 15 is 0 Å². The third-order valence-corrected chi connectivity index (χ3v) is 5.96. The summed E-state index contributed by atoms with van der Waals surface area (Å²) in [6.45, 7) is 3.21. The average Bonchev–Trinajstić information content (AvgIpc) is 3.04. The molecule has 0 aliphatic carbocycles. The van der Waals surface area contributed by atoms with Crippen LogP contribution in [0.15, 0.2) is 10.3 Å². The van der Waals surface area contributed by atoms with Gasteiger partial charge in [-0.3, -0.25) is 0 Å². The van der Waals surface area contributed by atoms with Crippen molar-refractivity contribution in [1.29, 1.82) is 0 Å². The molecule has 1 saturated heterocycles. The van der Waals surface area contributed by atoms with Crippen molar-refractivity contribution in [1.82, 2.24) is 4.72 Å². The zero-order valence-corrected chi connectivity index (χ0v) is 13.0. The number of esters is 1. The summed E-state index contributed by atoms with van der Waals surface area (Å²) in [7, 11) is -2.48. The number of thiophene rings is 1. The lowest BCUT2D eigenvalue weighted by molar-refractivity contribution is 0.0602. The van der Waals surface area contributed by atoms with Gasteiger partial charge in [-0.05, 0) is 30.2 Å². The first-order chi connectivity index (χ1) is 9.45. The van der Waals surface area contributed by atoms with E-state index in [9.17, 15) is 13.2 Å². The molecule has 1 N–H and O–H groups in total. The SMILES string of the molecule is COC(=O)c1scc(C)c1S(=O)(=O)NCC1CCOC1. The summed E-state index contributed by atoms with van der Waals surface area (Å²) in [5, 5.41) is 1.64. The molecule has 1 atom stereocenters. The van der Waals surface area contributed by atoms with Gasteiger partial charge in [0.1, 0.15) is 9.77 Å². The topological polar surface area (TPSA) is 81.7 Å². The molecule has 0 amide bonds. The summed E-state index contributed by atoms with van der Waals surface area (Å²) in [4.78, 5) is 11.8. The molecule has 0 bridgehead atoms. The van der Waals surface area contributed by atoms with Gasteiger partial charge >= 0.3 is 5.97 Å². The van der Waals surface area contributed by atoms with Gasteiger partial charge in [-0.1, -0.05) is 0 Å². The Kier molecular flexibility index (Phi) is 4.79. The molecule has 1 aliphatic rings. The maximum atomic E-state index is 12.4. The van der Waals surface area contributed by atoms with E-state index in [2.05, 4.69) is 9.46 Å². The van der Waals surface area contributed by atoms with E-state index in [0.29, 0.717) is 25.3 Å². The Morgan fingerprint density at radius 3 is 2.95 bits per heavy atom. The number of methoxy groups -OCH3 is 1. The van der Waals surface area contributed by atoms with Crippen LogP contribution in [0.2, 0.25) is 0 Å². The number of hydrogen-bond acceptors (Lipinski definition) is 6. The highest BCUT2D eigenvalue weighted by Crippen LogP contribution is 2.27. The largest absolute Gasteiger partial charge is 0.465 e. The molecule has 1 unspecified atom stereocenters. The summed E-state index contributed by atoms with van der Waals surface area (Å²) in [5.41, 5.74) is 0.547. The molecular weight excluding hydrogens is 302 g/mol. The van der Waals surface area contributed by atoms with Crippen LogP contribution in [0.25, 0.3) is 0 Å². The Morgan fingerprint density at radius 2 is 2.35 bits per heavy atom. The smallest absolute Gasteiger partial charge is 0.349 e. The van der Waals surface area contributed by atoms with Crippen molar-refractivity contribution in [3.63, 3.8) is 0 Å². The third kappa shape index (κ3) is 3.20. The van der Waals surface area contributed by atoms with E-state index in [1.807, 2.05) is 0 Å². The molecule has 1 aromatic heterocycles. The van der Waals surface area contributed by atoms with Gasteiger partial charge in [0.25, 0.3) is 0 Å². The molecule has 1 aliphatic heterocycles. The number of hydrogen-bond donors (Lipinski definition) is 1. The lowest BCUT2D eigenvalue weighted by Gasteiger charge is -2.11. The van der Waals surface area contributed by atoms with Crippen molar-refractivity contribution in [3.05, 3.63) is 15.8 Å². The normalized spacial score (nSPS) is 19.2.